The van der Waals surface area contributed by atoms with Crippen molar-refractivity contribution in [3.05, 3.63) is 44.8 Å². The molecule has 1 atom stereocenters. The molecule has 0 fully saturated rings. The van der Waals surface area contributed by atoms with E-state index < -0.39 is 0 Å². The molecule has 3 aromatic heterocycles. The van der Waals surface area contributed by atoms with E-state index in [0.717, 1.165) is 23.7 Å². The van der Waals surface area contributed by atoms with Gasteiger partial charge in [0.25, 0.3) is 0 Å². The van der Waals surface area contributed by atoms with Gasteiger partial charge in [0, 0.05) is 16.9 Å². The normalized spacial score (nSPS) is 18.4. The lowest BCUT2D eigenvalue weighted by Crippen LogP contribution is -2.13. The van der Waals surface area contributed by atoms with E-state index in [-0.39, 0.29) is 0 Å². The van der Waals surface area contributed by atoms with Crippen LogP contribution in [0.1, 0.15) is 40.8 Å². The summed E-state index contributed by atoms with van der Waals surface area (Å²) in [6.07, 6.45) is 3.50. The third-order valence-corrected chi connectivity index (χ3v) is 5.11. The molecule has 1 unspecified atom stereocenters. The Morgan fingerprint density at radius 1 is 1.40 bits per heavy atom. The van der Waals surface area contributed by atoms with E-state index in [1.54, 1.807) is 6.07 Å². The number of aromatic nitrogens is 4. The van der Waals surface area contributed by atoms with E-state index in [9.17, 15) is 0 Å². The van der Waals surface area contributed by atoms with Gasteiger partial charge in [0.05, 0.1) is 0 Å². The SMILES string of the molecule is Cc1nc(Cl)cc2nnc(C3CCCc4sccc43)n12. The van der Waals surface area contributed by atoms with Crippen molar-refractivity contribution in [3.63, 3.8) is 0 Å². The molecular formula is C14H13ClN4S. The van der Waals surface area contributed by atoms with Crippen LogP contribution in [0.15, 0.2) is 17.5 Å². The van der Waals surface area contributed by atoms with E-state index >= 15 is 0 Å². The van der Waals surface area contributed by atoms with Crippen LogP contribution in [-0.2, 0) is 6.42 Å². The average molecular weight is 305 g/mol. The zero-order valence-corrected chi connectivity index (χ0v) is 12.6. The van der Waals surface area contributed by atoms with Gasteiger partial charge in [-0.2, -0.15) is 0 Å². The molecule has 0 amide bonds. The summed E-state index contributed by atoms with van der Waals surface area (Å²) in [5.74, 6) is 2.15. The van der Waals surface area contributed by atoms with Gasteiger partial charge in [-0.25, -0.2) is 4.98 Å². The molecule has 0 saturated carbocycles. The summed E-state index contributed by atoms with van der Waals surface area (Å²) in [6, 6.07) is 3.99. The Morgan fingerprint density at radius 2 is 2.30 bits per heavy atom. The maximum absolute atomic E-state index is 5.99. The molecule has 0 aromatic carbocycles. The third kappa shape index (κ3) is 1.77. The first-order valence-corrected chi connectivity index (χ1v) is 7.94. The van der Waals surface area contributed by atoms with Crippen molar-refractivity contribution in [1.29, 1.82) is 0 Å². The lowest BCUT2D eigenvalue weighted by molar-refractivity contribution is 0.590. The van der Waals surface area contributed by atoms with Gasteiger partial charge in [0.1, 0.15) is 16.8 Å². The predicted octanol–water partition coefficient (Wildman–Crippen LogP) is 3.62. The highest BCUT2D eigenvalue weighted by molar-refractivity contribution is 7.10. The lowest BCUT2D eigenvalue weighted by atomic mass is 9.87. The summed E-state index contributed by atoms with van der Waals surface area (Å²) in [6.45, 7) is 1.95. The van der Waals surface area contributed by atoms with Crippen LogP contribution in [-0.4, -0.2) is 19.6 Å². The van der Waals surface area contributed by atoms with Crippen LogP contribution in [0.25, 0.3) is 5.65 Å². The highest BCUT2D eigenvalue weighted by Gasteiger charge is 2.27. The fourth-order valence-electron chi connectivity index (χ4n) is 3.06. The Hall–Kier alpha value is -1.46. The first-order chi connectivity index (χ1) is 9.74. The first kappa shape index (κ1) is 12.3. The molecule has 3 heterocycles. The van der Waals surface area contributed by atoms with Crippen LogP contribution in [0, 0.1) is 6.92 Å². The van der Waals surface area contributed by atoms with Crippen LogP contribution in [0.3, 0.4) is 0 Å². The summed E-state index contributed by atoms with van der Waals surface area (Å²) < 4.78 is 2.03. The summed E-state index contributed by atoms with van der Waals surface area (Å²) in [5.41, 5.74) is 2.18. The second-order valence-corrected chi connectivity index (χ2v) is 6.51. The standard InChI is InChI=1S/C14H13ClN4S/c1-8-16-12(15)7-13-17-18-14(19(8)13)10-3-2-4-11-9(10)5-6-20-11/h5-7,10H,2-4H2,1H3. The maximum Gasteiger partial charge on any atom is 0.165 e. The Morgan fingerprint density at radius 3 is 3.20 bits per heavy atom. The number of hydrogen-bond donors (Lipinski definition) is 0. The molecule has 0 bridgehead atoms. The number of hydrogen-bond acceptors (Lipinski definition) is 4. The topological polar surface area (TPSA) is 43.1 Å². The Kier molecular flexibility index (Phi) is 2.79. The highest BCUT2D eigenvalue weighted by Crippen LogP contribution is 2.38. The van der Waals surface area contributed by atoms with Crippen molar-refractivity contribution in [2.45, 2.75) is 32.1 Å². The van der Waals surface area contributed by atoms with Crippen molar-refractivity contribution in [1.82, 2.24) is 19.6 Å². The zero-order chi connectivity index (χ0) is 13.7. The minimum atomic E-state index is 0.321. The minimum absolute atomic E-state index is 0.321. The van der Waals surface area contributed by atoms with Gasteiger partial charge in [0.15, 0.2) is 5.65 Å². The van der Waals surface area contributed by atoms with Crippen LogP contribution in [0.4, 0.5) is 0 Å². The van der Waals surface area contributed by atoms with Gasteiger partial charge >= 0.3 is 0 Å². The van der Waals surface area contributed by atoms with E-state index in [4.69, 9.17) is 11.6 Å². The van der Waals surface area contributed by atoms with Crippen molar-refractivity contribution in [2.24, 2.45) is 0 Å². The Bertz CT molecular complexity index is 792. The smallest absolute Gasteiger partial charge is 0.165 e. The van der Waals surface area contributed by atoms with Crippen LogP contribution >= 0.6 is 22.9 Å². The van der Waals surface area contributed by atoms with E-state index in [2.05, 4.69) is 26.6 Å². The van der Waals surface area contributed by atoms with Crippen LogP contribution < -0.4 is 0 Å². The van der Waals surface area contributed by atoms with Gasteiger partial charge in [-0.05, 0) is 43.2 Å². The third-order valence-electron chi connectivity index (χ3n) is 3.92. The highest BCUT2D eigenvalue weighted by atomic mass is 35.5. The molecule has 6 heteroatoms. The molecule has 0 spiro atoms. The number of aryl methyl sites for hydroxylation is 2. The molecule has 3 aromatic rings. The summed E-state index contributed by atoms with van der Waals surface area (Å²) in [7, 11) is 0. The maximum atomic E-state index is 5.99. The molecule has 1 aliphatic rings. The van der Waals surface area contributed by atoms with E-state index in [0.29, 0.717) is 11.1 Å². The van der Waals surface area contributed by atoms with Crippen molar-refractivity contribution in [3.8, 4) is 0 Å². The molecule has 1 aliphatic carbocycles. The largest absolute Gasteiger partial charge is 0.266 e. The number of halogens is 1. The van der Waals surface area contributed by atoms with Crippen molar-refractivity contribution in [2.75, 3.05) is 0 Å². The monoisotopic (exact) mass is 304 g/mol. The first-order valence-electron chi connectivity index (χ1n) is 6.68. The summed E-state index contributed by atoms with van der Waals surface area (Å²) in [5, 5.41) is 11.3. The molecule has 0 radical (unpaired) electrons. The van der Waals surface area contributed by atoms with Gasteiger partial charge < -0.3 is 0 Å². The van der Waals surface area contributed by atoms with Gasteiger partial charge in [-0.15, -0.1) is 21.5 Å². The zero-order valence-electron chi connectivity index (χ0n) is 11.0. The van der Waals surface area contributed by atoms with Crippen molar-refractivity contribution >= 4 is 28.6 Å². The lowest BCUT2D eigenvalue weighted by Gasteiger charge is -2.21. The van der Waals surface area contributed by atoms with Crippen molar-refractivity contribution < 1.29 is 0 Å². The number of fused-ring (bicyclic) bond motifs is 2. The quantitative estimate of drug-likeness (QED) is 0.645. The minimum Gasteiger partial charge on any atom is -0.266 e. The molecule has 4 nitrogen and oxygen atoms in total. The molecule has 102 valence electrons. The Labute approximate surface area is 125 Å². The fourth-order valence-corrected chi connectivity index (χ4v) is 4.27. The average Bonchev–Trinajstić information content (AvgIpc) is 3.03. The molecule has 4 rings (SSSR count). The molecule has 0 N–H and O–H groups in total. The second kappa shape index (κ2) is 4.53. The molecule has 0 saturated heterocycles. The predicted molar refractivity (Wildman–Crippen MR) is 79.6 cm³/mol. The second-order valence-electron chi connectivity index (χ2n) is 5.12. The molecular weight excluding hydrogens is 292 g/mol. The van der Waals surface area contributed by atoms with Gasteiger partial charge in [-0.3, -0.25) is 4.40 Å². The van der Waals surface area contributed by atoms with Gasteiger partial charge in [-0.1, -0.05) is 11.6 Å². The van der Waals surface area contributed by atoms with Gasteiger partial charge in [0.2, 0.25) is 0 Å². The number of rotatable bonds is 1. The van der Waals surface area contributed by atoms with Crippen LogP contribution in [0.2, 0.25) is 5.15 Å². The molecule has 0 aliphatic heterocycles. The Balaban J connectivity index is 1.93. The summed E-state index contributed by atoms with van der Waals surface area (Å²) >= 11 is 7.84. The number of thiophene rings is 1. The molecule has 20 heavy (non-hydrogen) atoms. The van der Waals surface area contributed by atoms with E-state index in [1.807, 2.05) is 22.7 Å². The summed E-state index contributed by atoms with van der Waals surface area (Å²) in [4.78, 5) is 5.81. The number of nitrogens with zero attached hydrogens (tertiary/aromatic N) is 4. The van der Waals surface area contributed by atoms with E-state index in [1.165, 1.54) is 23.3 Å². The fraction of sp³-hybridized carbons (Fsp3) is 0.357. The van der Waals surface area contributed by atoms with Crippen LogP contribution in [0.5, 0.6) is 0 Å².